The van der Waals surface area contributed by atoms with E-state index >= 15 is 0 Å². The molecular formula is C24H29ClO4. The molecule has 0 amide bonds. The third-order valence-corrected chi connectivity index (χ3v) is 9.83. The second-order valence-corrected chi connectivity index (χ2v) is 10.9. The third kappa shape index (κ3) is 2.24. The van der Waals surface area contributed by atoms with E-state index < -0.39 is 5.60 Å². The van der Waals surface area contributed by atoms with E-state index in [4.69, 9.17) is 16.3 Å². The molecule has 0 aromatic carbocycles. The molecule has 3 saturated carbocycles. The Morgan fingerprint density at radius 2 is 1.79 bits per heavy atom. The van der Waals surface area contributed by atoms with E-state index in [9.17, 15) is 14.4 Å². The van der Waals surface area contributed by atoms with Crippen molar-refractivity contribution in [3.63, 3.8) is 0 Å². The lowest BCUT2D eigenvalue weighted by atomic mass is 9.47. The molecule has 29 heavy (non-hydrogen) atoms. The summed E-state index contributed by atoms with van der Waals surface area (Å²) in [4.78, 5) is 37.1. The van der Waals surface area contributed by atoms with Crippen LogP contribution in [0.5, 0.6) is 0 Å². The summed E-state index contributed by atoms with van der Waals surface area (Å²) in [5.41, 5.74) is -0.455. The van der Waals surface area contributed by atoms with E-state index in [0.29, 0.717) is 23.3 Å². The number of Topliss-reactive ketones (excluding diaryl/α,β-unsaturated/α-hetero) is 1. The van der Waals surface area contributed by atoms with Gasteiger partial charge in [-0.3, -0.25) is 14.4 Å². The number of hydrogen-bond donors (Lipinski definition) is 0. The highest BCUT2D eigenvalue weighted by molar-refractivity contribution is 6.32. The molecule has 4 nitrogen and oxygen atoms in total. The van der Waals surface area contributed by atoms with Crippen molar-refractivity contribution < 1.29 is 19.1 Å². The number of carbonyl (C=O) groups is 3. The molecule has 0 saturated heterocycles. The molecule has 156 valence electrons. The van der Waals surface area contributed by atoms with Gasteiger partial charge in [0.2, 0.25) is 0 Å². The zero-order valence-corrected chi connectivity index (χ0v) is 18.3. The standard InChI is InChI=1S/C24H29ClO4/c1-12(26)24(29-13(2)27)8-6-16-14-10-20(25)19-11-21(28)15-9-18(15)23(19,4)17(14)5-7-22(16,24)3/h10-11,14-18H,5-9H2,1-4H3/t14?,15?,16?,17?,18?,22-,23-,24-/m0/s1. The third-order valence-electron chi connectivity index (χ3n) is 9.50. The molecule has 0 aromatic rings. The molecule has 0 spiro atoms. The SMILES string of the molecule is CC(=O)O[C@]1(C(C)=O)CCC2C3C=C(Cl)C4=CC(=O)C5CC5[C@]4(C)C3CC[C@@]21C. The highest BCUT2D eigenvalue weighted by Gasteiger charge is 2.70. The van der Waals surface area contributed by atoms with Gasteiger partial charge in [-0.25, -0.2) is 0 Å². The maximum atomic E-state index is 12.8. The largest absolute Gasteiger partial charge is 0.451 e. The number of hydrogen-bond acceptors (Lipinski definition) is 4. The highest BCUT2D eigenvalue weighted by atomic mass is 35.5. The summed E-state index contributed by atoms with van der Waals surface area (Å²) < 4.78 is 5.82. The first-order valence-electron chi connectivity index (χ1n) is 10.9. The van der Waals surface area contributed by atoms with Crippen LogP contribution in [0.4, 0.5) is 0 Å². The molecule has 0 aliphatic heterocycles. The van der Waals surface area contributed by atoms with Crippen LogP contribution in [0, 0.1) is 40.4 Å². The van der Waals surface area contributed by atoms with Gasteiger partial charge in [-0.15, -0.1) is 0 Å². The Morgan fingerprint density at radius 3 is 2.45 bits per heavy atom. The van der Waals surface area contributed by atoms with Crippen LogP contribution in [0.2, 0.25) is 0 Å². The number of halogens is 1. The molecule has 0 N–H and O–H groups in total. The summed E-state index contributed by atoms with van der Waals surface area (Å²) in [6, 6.07) is 0. The van der Waals surface area contributed by atoms with Crippen molar-refractivity contribution in [2.45, 2.75) is 65.4 Å². The van der Waals surface area contributed by atoms with Crippen LogP contribution in [0.3, 0.4) is 0 Å². The molecule has 0 radical (unpaired) electrons. The highest BCUT2D eigenvalue weighted by Crippen LogP contribution is 2.72. The van der Waals surface area contributed by atoms with Crippen molar-refractivity contribution in [1.29, 1.82) is 0 Å². The molecule has 5 rings (SSSR count). The number of ketones is 2. The van der Waals surface area contributed by atoms with Gasteiger partial charge in [0.15, 0.2) is 17.2 Å². The molecule has 0 aromatic heterocycles. The van der Waals surface area contributed by atoms with E-state index in [2.05, 4.69) is 19.9 Å². The number of rotatable bonds is 2. The van der Waals surface area contributed by atoms with Gasteiger partial charge in [0.1, 0.15) is 0 Å². The summed E-state index contributed by atoms with van der Waals surface area (Å²) in [6.45, 7) is 7.42. The van der Waals surface area contributed by atoms with E-state index in [0.717, 1.165) is 31.3 Å². The summed E-state index contributed by atoms with van der Waals surface area (Å²) in [5.74, 6) is 1.27. The van der Waals surface area contributed by atoms with Crippen LogP contribution in [0.25, 0.3) is 0 Å². The Bertz CT molecular complexity index is 903. The maximum Gasteiger partial charge on any atom is 0.303 e. The second kappa shape index (κ2) is 5.84. The van der Waals surface area contributed by atoms with Crippen LogP contribution in [0.1, 0.15) is 59.8 Å². The number of ether oxygens (including phenoxy) is 1. The fourth-order valence-corrected chi connectivity index (χ4v) is 8.43. The van der Waals surface area contributed by atoms with E-state index in [1.165, 1.54) is 6.92 Å². The molecule has 5 aliphatic rings. The fraction of sp³-hybridized carbons (Fsp3) is 0.708. The Kier molecular flexibility index (Phi) is 3.93. The fourth-order valence-electron chi connectivity index (χ4n) is 8.03. The normalized spacial score (nSPS) is 49.7. The van der Waals surface area contributed by atoms with E-state index in [1.807, 2.05) is 6.08 Å². The lowest BCUT2D eigenvalue weighted by molar-refractivity contribution is -0.185. The minimum absolute atomic E-state index is 0.0423. The van der Waals surface area contributed by atoms with Gasteiger partial charge < -0.3 is 4.74 Å². The van der Waals surface area contributed by atoms with Crippen LogP contribution in [-0.2, 0) is 19.1 Å². The first kappa shape index (κ1) is 19.5. The Labute approximate surface area is 177 Å². The van der Waals surface area contributed by atoms with Gasteiger partial charge in [0.05, 0.1) is 0 Å². The summed E-state index contributed by atoms with van der Waals surface area (Å²) in [7, 11) is 0. The molecule has 0 heterocycles. The van der Waals surface area contributed by atoms with Gasteiger partial charge in [-0.05, 0) is 74.3 Å². The first-order valence-corrected chi connectivity index (χ1v) is 11.3. The number of fused-ring (bicyclic) bond motifs is 7. The van der Waals surface area contributed by atoms with Crippen molar-refractivity contribution in [1.82, 2.24) is 0 Å². The molecule has 8 atom stereocenters. The van der Waals surface area contributed by atoms with E-state index in [1.54, 1.807) is 6.92 Å². The van der Waals surface area contributed by atoms with Crippen molar-refractivity contribution in [2.75, 3.05) is 0 Å². The maximum absolute atomic E-state index is 12.8. The van der Waals surface area contributed by atoms with Crippen LogP contribution in [-0.4, -0.2) is 23.1 Å². The predicted octanol–water partition coefficient (Wildman–Crippen LogP) is 4.61. The minimum Gasteiger partial charge on any atom is -0.451 e. The Morgan fingerprint density at radius 1 is 1.10 bits per heavy atom. The van der Waals surface area contributed by atoms with Gasteiger partial charge in [0, 0.05) is 28.7 Å². The van der Waals surface area contributed by atoms with E-state index in [-0.39, 0.29) is 46.1 Å². The molecular weight excluding hydrogens is 388 g/mol. The average Bonchev–Trinajstić information content (AvgIpc) is 3.39. The molecule has 5 unspecified atom stereocenters. The first-order chi connectivity index (χ1) is 13.6. The van der Waals surface area contributed by atoms with Crippen molar-refractivity contribution in [3.05, 3.63) is 22.8 Å². The molecule has 0 bridgehead atoms. The van der Waals surface area contributed by atoms with Crippen LogP contribution >= 0.6 is 11.6 Å². The lowest BCUT2D eigenvalue weighted by Crippen LogP contribution is -2.58. The molecule has 5 heteroatoms. The lowest BCUT2D eigenvalue weighted by Gasteiger charge is -2.57. The van der Waals surface area contributed by atoms with Crippen molar-refractivity contribution in [3.8, 4) is 0 Å². The Hall–Kier alpha value is -1.42. The second-order valence-electron chi connectivity index (χ2n) is 10.5. The summed E-state index contributed by atoms with van der Waals surface area (Å²) >= 11 is 6.79. The van der Waals surface area contributed by atoms with Crippen molar-refractivity contribution >= 4 is 29.1 Å². The van der Waals surface area contributed by atoms with Crippen LogP contribution in [0.15, 0.2) is 22.8 Å². The Balaban J connectivity index is 1.60. The zero-order chi connectivity index (χ0) is 20.9. The number of allylic oxidation sites excluding steroid dienone is 4. The van der Waals surface area contributed by atoms with Crippen LogP contribution < -0.4 is 0 Å². The van der Waals surface area contributed by atoms with Crippen molar-refractivity contribution in [2.24, 2.45) is 40.4 Å². The van der Waals surface area contributed by atoms with Gasteiger partial charge in [-0.1, -0.05) is 31.5 Å². The number of carbonyl (C=O) groups excluding carboxylic acids is 3. The molecule has 5 aliphatic carbocycles. The summed E-state index contributed by atoms with van der Waals surface area (Å²) in [6.07, 6.45) is 8.18. The minimum atomic E-state index is -1.03. The van der Waals surface area contributed by atoms with Gasteiger partial charge in [-0.2, -0.15) is 0 Å². The quantitative estimate of drug-likeness (QED) is 0.617. The smallest absolute Gasteiger partial charge is 0.303 e. The van der Waals surface area contributed by atoms with Gasteiger partial charge >= 0.3 is 5.97 Å². The molecule has 3 fully saturated rings. The monoisotopic (exact) mass is 416 g/mol. The summed E-state index contributed by atoms with van der Waals surface area (Å²) in [5, 5.41) is 0.713. The van der Waals surface area contributed by atoms with Gasteiger partial charge in [0.25, 0.3) is 0 Å². The zero-order valence-electron chi connectivity index (χ0n) is 17.6. The number of esters is 1. The topological polar surface area (TPSA) is 60.4 Å². The average molecular weight is 417 g/mol. The predicted molar refractivity (Wildman–Crippen MR) is 109 cm³/mol.